The number of nitrogens with one attached hydrogen (secondary N) is 2. The summed E-state index contributed by atoms with van der Waals surface area (Å²) >= 11 is 5.60. The van der Waals surface area contributed by atoms with Gasteiger partial charge in [0.05, 0.1) is 23.4 Å². The van der Waals surface area contributed by atoms with E-state index in [0.717, 1.165) is 0 Å². The van der Waals surface area contributed by atoms with Crippen LogP contribution in [0.2, 0.25) is 5.02 Å². The Hall–Kier alpha value is -2.44. The topological polar surface area (TPSA) is 78.4 Å². The third-order valence-corrected chi connectivity index (χ3v) is 3.39. The van der Waals surface area contributed by atoms with Gasteiger partial charge in [-0.2, -0.15) is 0 Å². The molecule has 2 rings (SSSR count). The normalized spacial score (nSPS) is 11.6. The smallest absolute Gasteiger partial charge is 0.313 e. The maximum Gasteiger partial charge on any atom is 0.313 e. The first-order valence-electron chi connectivity index (χ1n) is 6.74. The molecule has 7 heteroatoms. The number of aliphatic hydroxyl groups excluding tert-OH is 1. The zero-order valence-corrected chi connectivity index (χ0v) is 12.7. The van der Waals surface area contributed by atoms with Gasteiger partial charge in [0.2, 0.25) is 0 Å². The van der Waals surface area contributed by atoms with Crippen molar-refractivity contribution in [3.63, 3.8) is 0 Å². The molecular formula is C16H14ClFN2O3. The van der Waals surface area contributed by atoms with Gasteiger partial charge in [0.1, 0.15) is 0 Å². The summed E-state index contributed by atoms with van der Waals surface area (Å²) < 4.78 is 13.7. The predicted molar refractivity (Wildman–Crippen MR) is 84.5 cm³/mol. The van der Waals surface area contributed by atoms with E-state index in [4.69, 9.17) is 11.6 Å². The molecule has 0 fully saturated rings. The molecule has 0 saturated carbocycles. The number of amides is 2. The van der Waals surface area contributed by atoms with Crippen LogP contribution in [0, 0.1) is 5.82 Å². The molecule has 0 aromatic heterocycles. The molecule has 0 saturated heterocycles. The first-order chi connectivity index (χ1) is 11.0. The number of hydrogen-bond donors (Lipinski definition) is 3. The molecular weight excluding hydrogens is 323 g/mol. The van der Waals surface area contributed by atoms with Crippen molar-refractivity contribution in [3.8, 4) is 0 Å². The van der Waals surface area contributed by atoms with E-state index in [0.29, 0.717) is 5.56 Å². The highest BCUT2D eigenvalue weighted by atomic mass is 35.5. The van der Waals surface area contributed by atoms with Crippen molar-refractivity contribution < 1.29 is 19.1 Å². The van der Waals surface area contributed by atoms with E-state index in [9.17, 15) is 19.1 Å². The summed E-state index contributed by atoms with van der Waals surface area (Å²) in [5.41, 5.74) is 0.447. The van der Waals surface area contributed by atoms with Crippen molar-refractivity contribution in [2.75, 3.05) is 11.9 Å². The molecule has 2 amide bonds. The van der Waals surface area contributed by atoms with Gasteiger partial charge in [0, 0.05) is 0 Å². The van der Waals surface area contributed by atoms with Crippen LogP contribution in [0.15, 0.2) is 48.5 Å². The van der Waals surface area contributed by atoms with Gasteiger partial charge in [-0.1, -0.05) is 48.0 Å². The number of aliphatic hydroxyl groups is 1. The minimum atomic E-state index is -1.06. The van der Waals surface area contributed by atoms with Crippen molar-refractivity contribution >= 4 is 29.1 Å². The van der Waals surface area contributed by atoms with Crippen LogP contribution in [0.3, 0.4) is 0 Å². The molecule has 23 heavy (non-hydrogen) atoms. The Morgan fingerprint density at radius 1 is 1.09 bits per heavy atom. The number of rotatable bonds is 4. The molecule has 0 aliphatic carbocycles. The molecule has 1 atom stereocenters. The Balaban J connectivity index is 2.05. The van der Waals surface area contributed by atoms with Gasteiger partial charge < -0.3 is 15.7 Å². The molecule has 0 aliphatic heterocycles. The van der Waals surface area contributed by atoms with E-state index in [1.165, 1.54) is 18.2 Å². The van der Waals surface area contributed by atoms with Crippen LogP contribution in [0.4, 0.5) is 10.1 Å². The highest BCUT2D eigenvalue weighted by Crippen LogP contribution is 2.21. The Kier molecular flexibility index (Phi) is 5.67. The molecule has 5 nitrogen and oxygen atoms in total. The standard InChI is InChI=1S/C16H14ClFN2O3/c17-11-7-4-8-12(14(11)18)19-15(22)16(23)20-13(9-21)10-5-2-1-3-6-10/h1-8,13,21H,9H2,(H,19,22)(H,20,23). The predicted octanol–water partition coefficient (Wildman–Crippen LogP) is 2.27. The molecule has 2 aromatic carbocycles. The monoisotopic (exact) mass is 336 g/mol. The number of halogens is 2. The summed E-state index contributed by atoms with van der Waals surface area (Å²) in [4.78, 5) is 23.7. The first-order valence-corrected chi connectivity index (χ1v) is 7.12. The molecule has 0 bridgehead atoms. The lowest BCUT2D eigenvalue weighted by Gasteiger charge is -2.16. The maximum atomic E-state index is 13.7. The van der Waals surface area contributed by atoms with E-state index >= 15 is 0 Å². The Morgan fingerprint density at radius 2 is 1.78 bits per heavy atom. The second-order valence-corrected chi connectivity index (χ2v) is 5.08. The lowest BCUT2D eigenvalue weighted by atomic mass is 10.1. The van der Waals surface area contributed by atoms with E-state index in [1.54, 1.807) is 30.3 Å². The van der Waals surface area contributed by atoms with Gasteiger partial charge in [0.15, 0.2) is 5.82 Å². The highest BCUT2D eigenvalue weighted by molar-refractivity contribution is 6.40. The van der Waals surface area contributed by atoms with Crippen LogP contribution < -0.4 is 10.6 Å². The number of anilines is 1. The minimum absolute atomic E-state index is 0.166. The van der Waals surface area contributed by atoms with E-state index in [1.807, 2.05) is 0 Å². The average Bonchev–Trinajstić information content (AvgIpc) is 2.57. The SMILES string of the molecule is O=C(Nc1cccc(Cl)c1F)C(=O)NC(CO)c1ccccc1. The maximum absolute atomic E-state index is 13.7. The van der Waals surface area contributed by atoms with Gasteiger partial charge >= 0.3 is 11.8 Å². The zero-order chi connectivity index (χ0) is 16.8. The molecule has 0 aliphatic rings. The third kappa shape index (κ3) is 4.28. The number of hydrogen-bond acceptors (Lipinski definition) is 3. The van der Waals surface area contributed by atoms with E-state index in [2.05, 4.69) is 10.6 Å². The molecule has 0 spiro atoms. The van der Waals surface area contributed by atoms with Crippen molar-refractivity contribution in [2.45, 2.75) is 6.04 Å². The minimum Gasteiger partial charge on any atom is -0.394 e. The van der Waals surface area contributed by atoms with Crippen LogP contribution in [-0.4, -0.2) is 23.5 Å². The molecule has 3 N–H and O–H groups in total. The molecule has 120 valence electrons. The fraction of sp³-hybridized carbons (Fsp3) is 0.125. The van der Waals surface area contributed by atoms with Crippen LogP contribution in [0.5, 0.6) is 0 Å². The molecule has 0 heterocycles. The quantitative estimate of drug-likeness (QED) is 0.749. The highest BCUT2D eigenvalue weighted by Gasteiger charge is 2.20. The molecule has 0 radical (unpaired) electrons. The summed E-state index contributed by atoms with van der Waals surface area (Å²) in [7, 11) is 0. The fourth-order valence-corrected chi connectivity index (χ4v) is 2.10. The summed E-state index contributed by atoms with van der Waals surface area (Å²) in [6.07, 6.45) is 0. The third-order valence-electron chi connectivity index (χ3n) is 3.10. The summed E-state index contributed by atoms with van der Waals surface area (Å²) in [6.45, 7) is -0.380. The van der Waals surface area contributed by atoms with Gasteiger partial charge in [-0.05, 0) is 17.7 Å². The fourth-order valence-electron chi connectivity index (χ4n) is 1.92. The van der Waals surface area contributed by atoms with E-state index in [-0.39, 0.29) is 17.3 Å². The number of carbonyl (C=O) groups excluding carboxylic acids is 2. The Bertz CT molecular complexity index is 710. The second kappa shape index (κ2) is 7.71. The van der Waals surface area contributed by atoms with Crippen LogP contribution in [0.25, 0.3) is 0 Å². The largest absolute Gasteiger partial charge is 0.394 e. The van der Waals surface area contributed by atoms with E-state index < -0.39 is 23.7 Å². The van der Waals surface area contributed by atoms with Crippen LogP contribution in [0.1, 0.15) is 11.6 Å². The number of benzene rings is 2. The van der Waals surface area contributed by atoms with Crippen LogP contribution >= 0.6 is 11.6 Å². The lowest BCUT2D eigenvalue weighted by Crippen LogP contribution is -2.39. The van der Waals surface area contributed by atoms with Gasteiger partial charge in [-0.3, -0.25) is 9.59 Å². The van der Waals surface area contributed by atoms with Crippen molar-refractivity contribution in [1.29, 1.82) is 0 Å². The molecule has 2 aromatic rings. The molecule has 1 unspecified atom stereocenters. The summed E-state index contributed by atoms with van der Waals surface area (Å²) in [5, 5.41) is 13.7. The van der Waals surface area contributed by atoms with Gasteiger partial charge in [-0.25, -0.2) is 4.39 Å². The van der Waals surface area contributed by atoms with Gasteiger partial charge in [0.25, 0.3) is 0 Å². The Morgan fingerprint density at radius 3 is 2.43 bits per heavy atom. The Labute approximate surface area is 137 Å². The average molecular weight is 337 g/mol. The van der Waals surface area contributed by atoms with Crippen molar-refractivity contribution in [3.05, 3.63) is 64.9 Å². The lowest BCUT2D eigenvalue weighted by molar-refractivity contribution is -0.136. The summed E-state index contributed by atoms with van der Waals surface area (Å²) in [6, 6.07) is 12.0. The summed E-state index contributed by atoms with van der Waals surface area (Å²) in [5.74, 6) is -2.87. The zero-order valence-electron chi connectivity index (χ0n) is 11.9. The number of carbonyl (C=O) groups is 2. The second-order valence-electron chi connectivity index (χ2n) is 4.67. The van der Waals surface area contributed by atoms with Crippen molar-refractivity contribution in [1.82, 2.24) is 5.32 Å². The van der Waals surface area contributed by atoms with Gasteiger partial charge in [-0.15, -0.1) is 0 Å². The van der Waals surface area contributed by atoms with Crippen LogP contribution in [-0.2, 0) is 9.59 Å². The van der Waals surface area contributed by atoms with Crippen molar-refractivity contribution in [2.24, 2.45) is 0 Å². The first kappa shape index (κ1) is 16.9.